The van der Waals surface area contributed by atoms with Gasteiger partial charge in [-0.3, -0.25) is 0 Å². The number of ether oxygens (including phenoxy) is 1. The molecule has 0 saturated carbocycles. The molecule has 0 aromatic heterocycles. The third kappa shape index (κ3) is 10.1. The van der Waals surface area contributed by atoms with Gasteiger partial charge in [0.2, 0.25) is 0 Å². The van der Waals surface area contributed by atoms with Gasteiger partial charge in [0, 0.05) is 16.6 Å². The summed E-state index contributed by atoms with van der Waals surface area (Å²) in [5, 5.41) is 4.69. The van der Waals surface area contributed by atoms with Crippen LogP contribution in [0.4, 0.5) is 0 Å². The van der Waals surface area contributed by atoms with E-state index in [9.17, 15) is 0 Å². The summed E-state index contributed by atoms with van der Waals surface area (Å²) >= 11 is 15.7. The van der Waals surface area contributed by atoms with Crippen LogP contribution >= 0.6 is 39.1 Å². The smallest absolute Gasteiger partial charge is 0.124 e. The lowest BCUT2D eigenvalue weighted by Crippen LogP contribution is -2.29. The highest BCUT2D eigenvalue weighted by Crippen LogP contribution is 2.26. The van der Waals surface area contributed by atoms with Crippen LogP contribution in [0.1, 0.15) is 57.1 Å². The average molecular weight is 530 g/mol. The van der Waals surface area contributed by atoms with E-state index in [2.05, 4.69) is 46.1 Å². The van der Waals surface area contributed by atoms with Crippen LogP contribution in [0.15, 0.2) is 40.9 Å². The predicted molar refractivity (Wildman–Crippen MR) is 138 cm³/mol. The molecule has 0 atom stereocenters. The second kappa shape index (κ2) is 15.1. The van der Waals surface area contributed by atoms with Crippen molar-refractivity contribution >= 4 is 39.1 Å². The maximum absolute atomic E-state index is 6.12. The summed E-state index contributed by atoms with van der Waals surface area (Å²) in [5.41, 5.74) is 2.14. The van der Waals surface area contributed by atoms with E-state index in [1.165, 1.54) is 38.8 Å². The van der Waals surface area contributed by atoms with Gasteiger partial charge in [0.25, 0.3) is 0 Å². The SMILES string of the molecule is CCCCN(CCCC)CCCNCc1cc(Br)ccc1OCc1ccc(Cl)c(Cl)c1. The molecule has 0 unspecified atom stereocenters. The van der Waals surface area contributed by atoms with E-state index in [1.807, 2.05) is 24.3 Å². The second-order valence-corrected chi connectivity index (χ2v) is 9.60. The van der Waals surface area contributed by atoms with Crippen LogP contribution in [-0.2, 0) is 13.2 Å². The molecule has 0 amide bonds. The normalized spacial score (nSPS) is 11.3. The lowest BCUT2D eigenvalue weighted by molar-refractivity contribution is 0.260. The molecule has 0 aliphatic rings. The Morgan fingerprint density at radius 1 is 0.903 bits per heavy atom. The van der Waals surface area contributed by atoms with E-state index in [1.54, 1.807) is 6.07 Å². The van der Waals surface area contributed by atoms with Gasteiger partial charge in [-0.25, -0.2) is 0 Å². The van der Waals surface area contributed by atoms with Crippen LogP contribution in [-0.4, -0.2) is 31.1 Å². The van der Waals surface area contributed by atoms with Crippen molar-refractivity contribution in [1.29, 1.82) is 0 Å². The summed E-state index contributed by atoms with van der Waals surface area (Å²) in [6.45, 7) is 10.3. The van der Waals surface area contributed by atoms with Crippen molar-refractivity contribution in [3.05, 3.63) is 62.0 Å². The zero-order valence-corrected chi connectivity index (χ0v) is 21.8. The number of hydrogen-bond acceptors (Lipinski definition) is 3. The molecule has 2 aromatic carbocycles. The van der Waals surface area contributed by atoms with Gasteiger partial charge < -0.3 is 15.0 Å². The number of nitrogens with one attached hydrogen (secondary N) is 1. The maximum Gasteiger partial charge on any atom is 0.124 e. The molecule has 0 aliphatic carbocycles. The standard InChI is InChI=1S/C25H35BrCl2N2O/c1-3-5-13-30(14-6-4-2)15-7-12-29-18-21-17-22(26)9-11-25(21)31-19-20-8-10-23(27)24(28)16-20/h8-11,16-17,29H,3-7,12-15,18-19H2,1-2H3. The summed E-state index contributed by atoms with van der Waals surface area (Å²) in [4.78, 5) is 2.61. The van der Waals surface area contributed by atoms with E-state index < -0.39 is 0 Å². The minimum Gasteiger partial charge on any atom is -0.489 e. The summed E-state index contributed by atoms with van der Waals surface area (Å²) in [6.07, 6.45) is 6.24. The topological polar surface area (TPSA) is 24.5 Å². The van der Waals surface area contributed by atoms with Gasteiger partial charge in [0.1, 0.15) is 12.4 Å². The Morgan fingerprint density at radius 3 is 2.29 bits per heavy atom. The zero-order chi connectivity index (χ0) is 22.5. The second-order valence-electron chi connectivity index (χ2n) is 7.87. The first-order valence-electron chi connectivity index (χ1n) is 11.3. The average Bonchev–Trinajstić information content (AvgIpc) is 2.76. The molecule has 2 rings (SSSR count). The molecule has 6 heteroatoms. The molecule has 0 heterocycles. The van der Waals surface area contributed by atoms with E-state index in [0.29, 0.717) is 16.7 Å². The van der Waals surface area contributed by atoms with E-state index in [0.717, 1.165) is 47.4 Å². The Hall–Kier alpha value is -0.780. The van der Waals surface area contributed by atoms with E-state index in [-0.39, 0.29) is 0 Å². The van der Waals surface area contributed by atoms with Crippen molar-refractivity contribution < 1.29 is 4.74 Å². The number of unbranched alkanes of at least 4 members (excludes halogenated alkanes) is 2. The van der Waals surface area contributed by atoms with Crippen molar-refractivity contribution in [2.24, 2.45) is 0 Å². The molecule has 0 aliphatic heterocycles. The summed E-state index contributed by atoms with van der Waals surface area (Å²) in [5.74, 6) is 0.884. The van der Waals surface area contributed by atoms with E-state index >= 15 is 0 Å². The molecule has 2 aromatic rings. The van der Waals surface area contributed by atoms with Gasteiger partial charge in [-0.15, -0.1) is 0 Å². The van der Waals surface area contributed by atoms with Crippen molar-refractivity contribution in [3.8, 4) is 5.75 Å². The first kappa shape index (κ1) is 26.5. The van der Waals surface area contributed by atoms with Crippen LogP contribution in [0.2, 0.25) is 10.0 Å². The lowest BCUT2D eigenvalue weighted by Gasteiger charge is -2.22. The molecule has 31 heavy (non-hydrogen) atoms. The Bertz CT molecular complexity index is 780. The Kier molecular flexibility index (Phi) is 12.9. The van der Waals surface area contributed by atoms with Gasteiger partial charge in [0.05, 0.1) is 10.0 Å². The third-order valence-corrected chi connectivity index (χ3v) is 6.43. The maximum atomic E-state index is 6.12. The van der Waals surface area contributed by atoms with Gasteiger partial charge in [0.15, 0.2) is 0 Å². The van der Waals surface area contributed by atoms with Crippen LogP contribution in [0.5, 0.6) is 5.75 Å². The number of hydrogen-bond donors (Lipinski definition) is 1. The van der Waals surface area contributed by atoms with Gasteiger partial charge in [-0.2, -0.15) is 0 Å². The van der Waals surface area contributed by atoms with Crippen LogP contribution in [0.25, 0.3) is 0 Å². The van der Waals surface area contributed by atoms with Crippen LogP contribution in [0, 0.1) is 0 Å². The van der Waals surface area contributed by atoms with E-state index in [4.69, 9.17) is 27.9 Å². The monoisotopic (exact) mass is 528 g/mol. The molecule has 0 bridgehead atoms. The molecule has 0 radical (unpaired) electrons. The highest BCUT2D eigenvalue weighted by atomic mass is 79.9. The third-order valence-electron chi connectivity index (χ3n) is 5.20. The molecule has 0 fully saturated rings. The fraction of sp³-hybridized carbons (Fsp3) is 0.520. The molecule has 172 valence electrons. The molecule has 3 nitrogen and oxygen atoms in total. The number of benzene rings is 2. The number of nitrogens with zero attached hydrogens (tertiary/aromatic N) is 1. The molecule has 0 spiro atoms. The minimum absolute atomic E-state index is 0.454. The minimum atomic E-state index is 0.454. The zero-order valence-electron chi connectivity index (χ0n) is 18.7. The lowest BCUT2D eigenvalue weighted by atomic mass is 10.2. The van der Waals surface area contributed by atoms with Crippen LogP contribution < -0.4 is 10.1 Å². The Balaban J connectivity index is 1.82. The molecular weight excluding hydrogens is 495 g/mol. The highest BCUT2D eigenvalue weighted by Gasteiger charge is 2.08. The van der Waals surface area contributed by atoms with Crippen molar-refractivity contribution in [3.63, 3.8) is 0 Å². The fourth-order valence-electron chi connectivity index (χ4n) is 3.37. The largest absolute Gasteiger partial charge is 0.489 e. The Labute approximate surface area is 206 Å². The fourth-order valence-corrected chi connectivity index (χ4v) is 4.10. The summed E-state index contributed by atoms with van der Waals surface area (Å²) < 4.78 is 7.14. The van der Waals surface area contributed by atoms with Crippen LogP contribution in [0.3, 0.4) is 0 Å². The molecule has 0 saturated heterocycles. The Morgan fingerprint density at radius 2 is 1.61 bits per heavy atom. The predicted octanol–water partition coefficient (Wildman–Crippen LogP) is 7.72. The number of rotatable bonds is 15. The summed E-state index contributed by atoms with van der Waals surface area (Å²) in [6, 6.07) is 11.7. The first-order chi connectivity index (χ1) is 15.0. The summed E-state index contributed by atoms with van der Waals surface area (Å²) in [7, 11) is 0. The molecule has 1 N–H and O–H groups in total. The highest BCUT2D eigenvalue weighted by molar-refractivity contribution is 9.10. The van der Waals surface area contributed by atoms with Crippen molar-refractivity contribution in [2.75, 3.05) is 26.2 Å². The molecular formula is C25H35BrCl2N2O. The van der Waals surface area contributed by atoms with Crippen molar-refractivity contribution in [2.45, 2.75) is 59.1 Å². The van der Waals surface area contributed by atoms with Gasteiger partial charge in [-0.1, -0.05) is 71.9 Å². The van der Waals surface area contributed by atoms with Gasteiger partial charge in [-0.05, 0) is 81.3 Å². The first-order valence-corrected chi connectivity index (χ1v) is 12.9. The number of halogens is 3. The quantitative estimate of drug-likeness (QED) is 0.239. The van der Waals surface area contributed by atoms with Crippen molar-refractivity contribution in [1.82, 2.24) is 10.2 Å². The van der Waals surface area contributed by atoms with Gasteiger partial charge >= 0.3 is 0 Å².